The van der Waals surface area contributed by atoms with Crippen molar-refractivity contribution in [3.8, 4) is 16.9 Å². The summed E-state index contributed by atoms with van der Waals surface area (Å²) in [5.74, 6) is 0.986. The minimum absolute atomic E-state index is 0.0831. The van der Waals surface area contributed by atoms with Gasteiger partial charge in [0.05, 0.1) is 6.61 Å². The van der Waals surface area contributed by atoms with Crippen LogP contribution in [-0.2, 0) is 9.53 Å². The molecule has 150 valence electrons. The monoisotopic (exact) mass is 384 g/mol. The lowest BCUT2D eigenvalue weighted by atomic mass is 10.0. The normalized spacial score (nSPS) is 13.4. The highest BCUT2D eigenvalue weighted by Crippen LogP contribution is 2.36. The summed E-state index contributed by atoms with van der Waals surface area (Å²) in [4.78, 5) is 20.8. The highest BCUT2D eigenvalue weighted by Gasteiger charge is 2.29. The zero-order valence-corrected chi connectivity index (χ0v) is 16.7. The molecule has 7 nitrogen and oxygen atoms in total. The maximum Gasteiger partial charge on any atom is 0.227 e. The topological polar surface area (TPSA) is 85.4 Å². The molecule has 1 fully saturated rings. The third-order valence-electron chi connectivity index (χ3n) is 4.71. The number of rotatable bonds is 10. The summed E-state index contributed by atoms with van der Waals surface area (Å²) >= 11 is 0. The summed E-state index contributed by atoms with van der Waals surface area (Å²) in [6, 6.07) is 5.73. The highest BCUT2D eigenvalue weighted by atomic mass is 16.5. The third-order valence-corrected chi connectivity index (χ3v) is 4.71. The summed E-state index contributed by atoms with van der Waals surface area (Å²) in [5.41, 5.74) is 4.34. The van der Waals surface area contributed by atoms with Gasteiger partial charge in [0, 0.05) is 54.3 Å². The molecule has 1 heterocycles. The second-order valence-electron chi connectivity index (χ2n) is 6.99. The number of hydrogen-bond acceptors (Lipinski definition) is 6. The number of amides is 1. The standard InChI is InChI=1S/C21H28N4O3/c1-14-20(15(2)24-13-23-14)18-12-17(25-21(26)16-4-5-16)6-7-19(18)28-11-9-22-8-10-27-3/h6-7,12-13,16,22H,4-5,8-11H2,1-3H3,(H,25,26). The first kappa shape index (κ1) is 20.2. The van der Waals surface area contributed by atoms with Crippen molar-refractivity contribution in [2.45, 2.75) is 26.7 Å². The van der Waals surface area contributed by atoms with Crippen molar-refractivity contribution in [2.75, 3.05) is 38.7 Å². The van der Waals surface area contributed by atoms with Gasteiger partial charge >= 0.3 is 0 Å². The molecule has 7 heteroatoms. The van der Waals surface area contributed by atoms with Crippen LogP contribution in [0.15, 0.2) is 24.5 Å². The molecule has 1 aromatic carbocycles. The number of aromatic nitrogens is 2. The van der Waals surface area contributed by atoms with Gasteiger partial charge in [-0.05, 0) is 44.9 Å². The number of ether oxygens (including phenoxy) is 2. The number of benzene rings is 1. The quantitative estimate of drug-likeness (QED) is 0.613. The smallest absolute Gasteiger partial charge is 0.227 e. The fourth-order valence-corrected chi connectivity index (χ4v) is 3.03. The lowest BCUT2D eigenvalue weighted by Crippen LogP contribution is -2.24. The molecule has 0 spiro atoms. The Balaban J connectivity index is 1.80. The van der Waals surface area contributed by atoms with Crippen molar-refractivity contribution in [1.82, 2.24) is 15.3 Å². The molecule has 0 saturated heterocycles. The van der Waals surface area contributed by atoms with Crippen LogP contribution in [0.4, 0.5) is 5.69 Å². The molecule has 0 unspecified atom stereocenters. The maximum atomic E-state index is 12.2. The average Bonchev–Trinajstić information content (AvgIpc) is 3.51. The minimum atomic E-state index is 0.0831. The van der Waals surface area contributed by atoms with Gasteiger partial charge in [0.1, 0.15) is 18.7 Å². The fourth-order valence-electron chi connectivity index (χ4n) is 3.03. The van der Waals surface area contributed by atoms with Gasteiger partial charge in [-0.1, -0.05) is 0 Å². The summed E-state index contributed by atoms with van der Waals surface area (Å²) < 4.78 is 11.1. The van der Waals surface area contributed by atoms with Gasteiger partial charge in [-0.2, -0.15) is 0 Å². The van der Waals surface area contributed by atoms with E-state index in [-0.39, 0.29) is 11.8 Å². The van der Waals surface area contributed by atoms with Gasteiger partial charge in [-0.3, -0.25) is 4.79 Å². The Hall–Kier alpha value is -2.51. The second kappa shape index (κ2) is 9.61. The zero-order chi connectivity index (χ0) is 19.9. The largest absolute Gasteiger partial charge is 0.492 e. The lowest BCUT2D eigenvalue weighted by molar-refractivity contribution is -0.117. The summed E-state index contributed by atoms with van der Waals surface area (Å²) in [6.45, 7) is 6.59. The predicted octanol–water partition coefficient (Wildman–Crippen LogP) is 2.72. The van der Waals surface area contributed by atoms with E-state index < -0.39 is 0 Å². The Bertz CT molecular complexity index is 801. The Morgan fingerprint density at radius 1 is 1.14 bits per heavy atom. The molecule has 28 heavy (non-hydrogen) atoms. The van der Waals surface area contributed by atoms with Crippen LogP contribution in [0.2, 0.25) is 0 Å². The first-order valence-electron chi connectivity index (χ1n) is 9.66. The van der Waals surface area contributed by atoms with Crippen molar-refractivity contribution in [1.29, 1.82) is 0 Å². The SMILES string of the molecule is COCCNCCOc1ccc(NC(=O)C2CC2)cc1-c1c(C)ncnc1C. The van der Waals surface area contributed by atoms with Crippen molar-refractivity contribution >= 4 is 11.6 Å². The van der Waals surface area contributed by atoms with Crippen molar-refractivity contribution in [3.05, 3.63) is 35.9 Å². The molecule has 2 aromatic rings. The zero-order valence-electron chi connectivity index (χ0n) is 16.7. The van der Waals surface area contributed by atoms with Crippen molar-refractivity contribution in [2.24, 2.45) is 5.92 Å². The number of methoxy groups -OCH3 is 1. The van der Waals surface area contributed by atoms with E-state index in [0.717, 1.165) is 53.3 Å². The second-order valence-corrected chi connectivity index (χ2v) is 6.99. The van der Waals surface area contributed by atoms with E-state index >= 15 is 0 Å². The number of carbonyl (C=O) groups is 1. The molecular formula is C21H28N4O3. The van der Waals surface area contributed by atoms with E-state index in [2.05, 4.69) is 20.6 Å². The Morgan fingerprint density at radius 2 is 1.86 bits per heavy atom. The molecule has 0 radical (unpaired) electrons. The molecule has 3 rings (SSSR count). The van der Waals surface area contributed by atoms with Gasteiger partial charge in [-0.15, -0.1) is 0 Å². The number of aryl methyl sites for hydroxylation is 2. The van der Waals surface area contributed by atoms with Crippen LogP contribution in [0.1, 0.15) is 24.2 Å². The molecule has 1 saturated carbocycles. The molecular weight excluding hydrogens is 356 g/mol. The van der Waals surface area contributed by atoms with Gasteiger partial charge in [0.15, 0.2) is 0 Å². The van der Waals surface area contributed by atoms with E-state index in [1.165, 1.54) is 0 Å². The fraction of sp³-hybridized carbons (Fsp3) is 0.476. The molecule has 1 aromatic heterocycles. The van der Waals surface area contributed by atoms with Crippen LogP contribution in [0.5, 0.6) is 5.75 Å². The van der Waals surface area contributed by atoms with Crippen LogP contribution in [0, 0.1) is 19.8 Å². The van der Waals surface area contributed by atoms with E-state index in [4.69, 9.17) is 9.47 Å². The number of carbonyl (C=O) groups excluding carboxylic acids is 1. The van der Waals surface area contributed by atoms with Crippen molar-refractivity contribution < 1.29 is 14.3 Å². The molecule has 2 N–H and O–H groups in total. The predicted molar refractivity (Wildman–Crippen MR) is 109 cm³/mol. The first-order valence-corrected chi connectivity index (χ1v) is 9.66. The van der Waals surface area contributed by atoms with Crippen molar-refractivity contribution in [3.63, 3.8) is 0 Å². The lowest BCUT2D eigenvalue weighted by Gasteiger charge is -2.16. The number of nitrogens with zero attached hydrogens (tertiary/aromatic N) is 2. The molecule has 1 amide bonds. The molecule has 1 aliphatic carbocycles. The summed E-state index contributed by atoms with van der Waals surface area (Å²) in [6.07, 6.45) is 3.51. The molecule has 0 aliphatic heterocycles. The van der Waals surface area contributed by atoms with Crippen LogP contribution in [0.25, 0.3) is 11.1 Å². The number of hydrogen-bond donors (Lipinski definition) is 2. The van der Waals surface area contributed by atoms with Gasteiger partial charge in [0.25, 0.3) is 0 Å². The molecule has 0 bridgehead atoms. The van der Waals surface area contributed by atoms with E-state index in [0.29, 0.717) is 19.8 Å². The number of anilines is 1. The minimum Gasteiger partial charge on any atom is -0.492 e. The molecule has 0 atom stereocenters. The highest BCUT2D eigenvalue weighted by molar-refractivity contribution is 5.95. The summed E-state index contributed by atoms with van der Waals surface area (Å²) in [7, 11) is 1.68. The van der Waals surface area contributed by atoms with Crippen LogP contribution < -0.4 is 15.4 Å². The summed E-state index contributed by atoms with van der Waals surface area (Å²) in [5, 5.41) is 6.27. The van der Waals surface area contributed by atoms with Crippen LogP contribution in [-0.4, -0.2) is 49.3 Å². The number of nitrogens with one attached hydrogen (secondary N) is 2. The third kappa shape index (κ3) is 5.27. The van der Waals surface area contributed by atoms with Crippen LogP contribution in [0.3, 0.4) is 0 Å². The maximum absolute atomic E-state index is 12.2. The average molecular weight is 384 g/mol. The Morgan fingerprint density at radius 3 is 2.54 bits per heavy atom. The Labute approximate surface area is 165 Å². The van der Waals surface area contributed by atoms with Gasteiger partial charge in [0.2, 0.25) is 5.91 Å². The Kier molecular flexibility index (Phi) is 6.95. The van der Waals surface area contributed by atoms with E-state index in [9.17, 15) is 4.79 Å². The first-order chi connectivity index (χ1) is 13.6. The molecule has 1 aliphatic rings. The van der Waals surface area contributed by atoms with E-state index in [1.807, 2.05) is 32.0 Å². The van der Waals surface area contributed by atoms with Crippen LogP contribution >= 0.6 is 0 Å². The van der Waals surface area contributed by atoms with E-state index in [1.54, 1.807) is 13.4 Å². The van der Waals surface area contributed by atoms with Gasteiger partial charge < -0.3 is 20.1 Å². The van der Waals surface area contributed by atoms with Gasteiger partial charge in [-0.25, -0.2) is 9.97 Å².